The van der Waals surface area contributed by atoms with Gasteiger partial charge in [0.25, 0.3) is 5.91 Å². The van der Waals surface area contributed by atoms with E-state index in [0.29, 0.717) is 11.5 Å². The van der Waals surface area contributed by atoms with Crippen molar-refractivity contribution >= 4 is 38.3 Å². The van der Waals surface area contributed by atoms with E-state index in [9.17, 15) is 9.59 Å². The number of amides is 1. The first-order chi connectivity index (χ1) is 14.0. The van der Waals surface area contributed by atoms with Gasteiger partial charge in [0.2, 0.25) is 5.56 Å². The van der Waals surface area contributed by atoms with Crippen molar-refractivity contribution in [3.63, 3.8) is 0 Å². The minimum Gasteiger partial charge on any atom is -0.457 e. The Balaban J connectivity index is 1.59. The molecule has 9 heteroatoms. The van der Waals surface area contributed by atoms with Crippen LogP contribution in [0.25, 0.3) is 10.2 Å². The number of thiazole rings is 1. The second kappa shape index (κ2) is 7.72. The molecule has 2 N–H and O–H groups in total. The summed E-state index contributed by atoms with van der Waals surface area (Å²) in [5.74, 6) is 0.879. The van der Waals surface area contributed by atoms with Gasteiger partial charge in [0.15, 0.2) is 5.13 Å². The molecule has 0 aliphatic rings. The fraction of sp³-hybridized carbons (Fsp3) is 0.100. The molecule has 0 bridgehead atoms. The first-order valence-electron chi connectivity index (χ1n) is 8.72. The van der Waals surface area contributed by atoms with Gasteiger partial charge >= 0.3 is 0 Å². The fourth-order valence-corrected chi connectivity index (χ4v) is 3.66. The third-order valence-corrected chi connectivity index (χ3v) is 5.31. The summed E-state index contributed by atoms with van der Waals surface area (Å²) in [5.41, 5.74) is 1.81. The van der Waals surface area contributed by atoms with E-state index in [1.807, 2.05) is 30.1 Å². The number of carbonyl (C=O) groups excluding carboxylic acids is 1. The molecule has 0 atom stereocenters. The van der Waals surface area contributed by atoms with Gasteiger partial charge in [-0.25, -0.2) is 4.98 Å². The molecule has 1 aromatic carbocycles. The summed E-state index contributed by atoms with van der Waals surface area (Å²) >= 11 is 1.51. The number of nitrogens with zero attached hydrogens (tertiary/aromatic N) is 3. The SMILES string of the molecule is CNC(=O)c1cc(Oc2ccc3nc(N(C)c4ccc(=O)[nH]c4)sc3c2)ccn1. The van der Waals surface area contributed by atoms with Gasteiger partial charge in [0.05, 0.1) is 15.9 Å². The first-order valence-corrected chi connectivity index (χ1v) is 9.54. The van der Waals surface area contributed by atoms with Gasteiger partial charge in [-0.3, -0.25) is 14.6 Å². The van der Waals surface area contributed by atoms with Crippen molar-refractivity contribution in [3.8, 4) is 11.5 Å². The second-order valence-electron chi connectivity index (χ2n) is 6.15. The second-order valence-corrected chi connectivity index (χ2v) is 7.16. The lowest BCUT2D eigenvalue weighted by Crippen LogP contribution is -2.18. The number of fused-ring (bicyclic) bond motifs is 1. The highest BCUT2D eigenvalue weighted by atomic mass is 32.1. The van der Waals surface area contributed by atoms with E-state index in [-0.39, 0.29) is 17.2 Å². The summed E-state index contributed by atoms with van der Waals surface area (Å²) in [7, 11) is 3.44. The zero-order valence-corrected chi connectivity index (χ0v) is 16.5. The van der Waals surface area contributed by atoms with Crippen molar-refractivity contribution in [2.45, 2.75) is 0 Å². The average molecular weight is 407 g/mol. The topological polar surface area (TPSA) is 100 Å². The molecule has 4 aromatic rings. The summed E-state index contributed by atoms with van der Waals surface area (Å²) in [6.45, 7) is 0. The first kappa shape index (κ1) is 18.6. The quantitative estimate of drug-likeness (QED) is 0.527. The number of benzene rings is 1. The Morgan fingerprint density at radius 3 is 2.76 bits per heavy atom. The number of rotatable bonds is 5. The van der Waals surface area contributed by atoms with Crippen LogP contribution in [0.4, 0.5) is 10.8 Å². The number of hydrogen-bond donors (Lipinski definition) is 2. The van der Waals surface area contributed by atoms with E-state index >= 15 is 0 Å². The molecule has 29 heavy (non-hydrogen) atoms. The maximum absolute atomic E-state index is 11.7. The molecular formula is C20H17N5O3S. The highest BCUT2D eigenvalue weighted by Crippen LogP contribution is 2.34. The predicted octanol–water partition coefficient (Wildman–Crippen LogP) is 3.30. The van der Waals surface area contributed by atoms with Crippen LogP contribution in [-0.4, -0.2) is 35.0 Å². The van der Waals surface area contributed by atoms with Crippen molar-refractivity contribution in [3.05, 3.63) is 70.9 Å². The Labute approximate surface area is 169 Å². The van der Waals surface area contributed by atoms with Gasteiger partial charge in [-0.1, -0.05) is 11.3 Å². The standard InChI is InChI=1S/C20H17N5O3S/c1-21-19(27)16-9-14(7-8-22-16)28-13-4-5-15-17(10-13)29-20(24-15)25(2)12-3-6-18(26)23-11-12/h3-11H,1-2H3,(H,21,27)(H,23,26). The molecule has 146 valence electrons. The van der Waals surface area contributed by atoms with Crippen molar-refractivity contribution in [1.29, 1.82) is 0 Å². The Kier molecular flexibility index (Phi) is 4.96. The van der Waals surface area contributed by atoms with Crippen LogP contribution in [0.5, 0.6) is 11.5 Å². The summed E-state index contributed by atoms with van der Waals surface area (Å²) in [4.78, 5) is 36.2. The number of nitrogens with one attached hydrogen (secondary N) is 2. The Morgan fingerprint density at radius 2 is 2.00 bits per heavy atom. The Hall–Kier alpha value is -3.72. The number of aromatic nitrogens is 3. The van der Waals surface area contributed by atoms with Crippen LogP contribution < -0.4 is 20.5 Å². The molecule has 8 nitrogen and oxygen atoms in total. The van der Waals surface area contributed by atoms with Crippen molar-refractivity contribution in [2.24, 2.45) is 0 Å². The number of carbonyl (C=O) groups is 1. The normalized spacial score (nSPS) is 10.7. The molecule has 4 rings (SSSR count). The lowest BCUT2D eigenvalue weighted by Gasteiger charge is -2.14. The number of anilines is 2. The molecule has 0 radical (unpaired) electrons. The van der Waals surface area contributed by atoms with Crippen LogP contribution in [0.15, 0.2) is 59.7 Å². The Bertz CT molecular complexity index is 1230. The molecule has 0 aliphatic heterocycles. The summed E-state index contributed by atoms with van der Waals surface area (Å²) < 4.78 is 6.85. The minimum atomic E-state index is -0.275. The zero-order chi connectivity index (χ0) is 20.4. The molecular weight excluding hydrogens is 390 g/mol. The number of ether oxygens (including phenoxy) is 1. The Morgan fingerprint density at radius 1 is 1.17 bits per heavy atom. The molecule has 1 amide bonds. The van der Waals surface area contributed by atoms with Gasteiger partial charge in [-0.05, 0) is 24.3 Å². The maximum Gasteiger partial charge on any atom is 0.269 e. The van der Waals surface area contributed by atoms with E-state index in [4.69, 9.17) is 4.74 Å². The van der Waals surface area contributed by atoms with E-state index in [2.05, 4.69) is 20.3 Å². The van der Waals surface area contributed by atoms with Crippen molar-refractivity contribution in [1.82, 2.24) is 20.3 Å². The minimum absolute atomic E-state index is 0.149. The van der Waals surface area contributed by atoms with Gasteiger partial charge in [0, 0.05) is 44.7 Å². The highest BCUT2D eigenvalue weighted by molar-refractivity contribution is 7.22. The lowest BCUT2D eigenvalue weighted by molar-refractivity contribution is 0.0958. The highest BCUT2D eigenvalue weighted by Gasteiger charge is 2.12. The average Bonchev–Trinajstić information content (AvgIpc) is 3.17. The summed E-state index contributed by atoms with van der Waals surface area (Å²) in [6, 6.07) is 12.1. The third kappa shape index (κ3) is 3.94. The molecule has 0 aliphatic carbocycles. The van der Waals surface area contributed by atoms with Crippen LogP contribution in [0.2, 0.25) is 0 Å². The van der Waals surface area contributed by atoms with Gasteiger partial charge < -0.3 is 19.9 Å². The van der Waals surface area contributed by atoms with E-state index in [1.54, 1.807) is 31.4 Å². The smallest absolute Gasteiger partial charge is 0.269 e. The molecule has 0 saturated heterocycles. The summed E-state index contributed by atoms with van der Waals surface area (Å²) in [6.07, 6.45) is 3.18. The monoisotopic (exact) mass is 407 g/mol. The number of pyridine rings is 2. The summed E-state index contributed by atoms with van der Waals surface area (Å²) in [5, 5.41) is 3.33. The van der Waals surface area contributed by atoms with Crippen LogP contribution in [-0.2, 0) is 0 Å². The van der Waals surface area contributed by atoms with Crippen LogP contribution in [0.1, 0.15) is 10.5 Å². The van der Waals surface area contributed by atoms with Gasteiger partial charge in [0.1, 0.15) is 17.2 Å². The van der Waals surface area contributed by atoms with Crippen LogP contribution in [0.3, 0.4) is 0 Å². The third-order valence-electron chi connectivity index (χ3n) is 4.22. The van der Waals surface area contributed by atoms with Gasteiger partial charge in [-0.2, -0.15) is 0 Å². The molecule has 0 fully saturated rings. The van der Waals surface area contributed by atoms with Crippen molar-refractivity contribution in [2.75, 3.05) is 19.0 Å². The van der Waals surface area contributed by atoms with Crippen LogP contribution in [0, 0.1) is 0 Å². The molecule has 0 spiro atoms. The van der Waals surface area contributed by atoms with Gasteiger partial charge in [-0.15, -0.1) is 0 Å². The molecule has 0 unspecified atom stereocenters. The largest absolute Gasteiger partial charge is 0.457 e. The van der Waals surface area contributed by atoms with Crippen molar-refractivity contribution < 1.29 is 9.53 Å². The molecule has 0 saturated carbocycles. The van der Waals surface area contributed by atoms with E-state index in [1.165, 1.54) is 23.6 Å². The van der Waals surface area contributed by atoms with E-state index in [0.717, 1.165) is 21.0 Å². The molecule has 3 aromatic heterocycles. The lowest BCUT2D eigenvalue weighted by atomic mass is 10.3. The number of hydrogen-bond acceptors (Lipinski definition) is 7. The van der Waals surface area contributed by atoms with Crippen LogP contribution >= 0.6 is 11.3 Å². The predicted molar refractivity (Wildman–Crippen MR) is 112 cm³/mol. The maximum atomic E-state index is 11.7. The number of aromatic amines is 1. The zero-order valence-electron chi connectivity index (χ0n) is 15.7. The number of H-pyrrole nitrogens is 1. The van der Waals surface area contributed by atoms with E-state index < -0.39 is 0 Å². The molecule has 3 heterocycles. The fourth-order valence-electron chi connectivity index (χ4n) is 2.68.